The Kier molecular flexibility index (Phi) is 4.46. The fraction of sp³-hybridized carbons (Fsp3) is 0.455. The molecule has 0 bridgehead atoms. The molecule has 1 rings (SSSR count). The van der Waals surface area contributed by atoms with E-state index in [1.807, 2.05) is 0 Å². The Balaban J connectivity index is 3.42. The molecule has 0 aliphatic carbocycles. The van der Waals surface area contributed by atoms with Crippen molar-refractivity contribution in [3.8, 4) is 0 Å². The first-order chi connectivity index (χ1) is 8.59. The van der Waals surface area contributed by atoms with Crippen LogP contribution in [0.15, 0.2) is 11.0 Å². The third-order valence-corrected chi connectivity index (χ3v) is 4.88. The zero-order chi connectivity index (χ0) is 15.0. The first-order valence-corrected chi connectivity index (χ1v) is 6.82. The SMILES string of the molecule is Cc1cc(F)c(N)c(C)c1S(=O)(=O)N(C)CC(F)F. The lowest BCUT2D eigenvalue weighted by atomic mass is 10.1. The molecule has 0 aliphatic rings. The Labute approximate surface area is 110 Å². The number of nitrogens with zero attached hydrogens (tertiary/aromatic N) is 1. The van der Waals surface area contributed by atoms with E-state index in [0.29, 0.717) is 4.31 Å². The van der Waals surface area contributed by atoms with Crippen molar-refractivity contribution in [2.75, 3.05) is 19.3 Å². The fourth-order valence-electron chi connectivity index (χ4n) is 1.78. The maximum Gasteiger partial charge on any atom is 0.252 e. The van der Waals surface area contributed by atoms with Crippen LogP contribution in [0.25, 0.3) is 0 Å². The molecular weight excluding hydrogens is 281 g/mol. The summed E-state index contributed by atoms with van der Waals surface area (Å²) in [6, 6.07) is 0.978. The van der Waals surface area contributed by atoms with Crippen molar-refractivity contribution < 1.29 is 21.6 Å². The van der Waals surface area contributed by atoms with Crippen molar-refractivity contribution in [1.82, 2.24) is 4.31 Å². The number of hydrogen-bond donors (Lipinski definition) is 1. The number of benzene rings is 1. The summed E-state index contributed by atoms with van der Waals surface area (Å²) in [7, 11) is -3.09. The van der Waals surface area contributed by atoms with Crippen LogP contribution < -0.4 is 5.73 Å². The minimum atomic E-state index is -4.13. The van der Waals surface area contributed by atoms with Gasteiger partial charge < -0.3 is 5.73 Å². The van der Waals surface area contributed by atoms with Gasteiger partial charge in [0.1, 0.15) is 5.82 Å². The van der Waals surface area contributed by atoms with E-state index in [9.17, 15) is 21.6 Å². The van der Waals surface area contributed by atoms with E-state index in [-0.39, 0.29) is 21.7 Å². The van der Waals surface area contributed by atoms with Crippen LogP contribution in [0.3, 0.4) is 0 Å². The highest BCUT2D eigenvalue weighted by Gasteiger charge is 2.28. The van der Waals surface area contributed by atoms with Gasteiger partial charge in [0.25, 0.3) is 6.43 Å². The second-order valence-corrected chi connectivity index (χ2v) is 6.20. The van der Waals surface area contributed by atoms with Crippen molar-refractivity contribution in [2.24, 2.45) is 0 Å². The van der Waals surface area contributed by atoms with E-state index in [0.717, 1.165) is 13.1 Å². The molecule has 1 aromatic carbocycles. The summed E-state index contributed by atoms with van der Waals surface area (Å²) in [4.78, 5) is -0.227. The summed E-state index contributed by atoms with van der Waals surface area (Å²) in [6.07, 6.45) is -2.79. The Hall–Kier alpha value is -1.28. The molecule has 108 valence electrons. The fourth-order valence-corrected chi connectivity index (χ4v) is 3.36. The highest BCUT2D eigenvalue weighted by Crippen LogP contribution is 2.29. The second kappa shape index (κ2) is 5.38. The van der Waals surface area contributed by atoms with Crippen LogP contribution in [-0.2, 0) is 10.0 Å². The molecule has 0 amide bonds. The van der Waals surface area contributed by atoms with E-state index >= 15 is 0 Å². The Morgan fingerprint density at radius 1 is 1.37 bits per heavy atom. The number of nitrogen functional groups attached to an aromatic ring is 1. The molecule has 0 aromatic heterocycles. The molecule has 0 aliphatic heterocycles. The molecule has 0 unspecified atom stereocenters. The minimum absolute atomic E-state index is 0.0265. The van der Waals surface area contributed by atoms with Crippen LogP contribution in [0.2, 0.25) is 0 Å². The lowest BCUT2D eigenvalue weighted by molar-refractivity contribution is 0.126. The van der Waals surface area contributed by atoms with Gasteiger partial charge in [-0.25, -0.2) is 21.6 Å². The van der Waals surface area contributed by atoms with Gasteiger partial charge >= 0.3 is 0 Å². The van der Waals surface area contributed by atoms with Crippen LogP contribution in [0.4, 0.5) is 18.9 Å². The molecule has 0 atom stereocenters. The molecule has 0 saturated carbocycles. The zero-order valence-electron chi connectivity index (χ0n) is 10.7. The predicted molar refractivity (Wildman–Crippen MR) is 66.1 cm³/mol. The third kappa shape index (κ3) is 3.01. The summed E-state index contributed by atoms with van der Waals surface area (Å²) < 4.78 is 62.8. The first-order valence-electron chi connectivity index (χ1n) is 5.38. The molecule has 4 nitrogen and oxygen atoms in total. The van der Waals surface area contributed by atoms with Crippen molar-refractivity contribution in [3.05, 3.63) is 23.0 Å². The average molecular weight is 296 g/mol. The number of halogens is 3. The predicted octanol–water partition coefficient (Wildman–Crippen LogP) is 1.91. The number of rotatable bonds is 4. The number of nitrogens with two attached hydrogens (primary N) is 1. The summed E-state index contributed by atoms with van der Waals surface area (Å²) in [5.41, 5.74) is 5.30. The maximum absolute atomic E-state index is 13.4. The van der Waals surface area contributed by atoms with Crippen LogP contribution in [0.5, 0.6) is 0 Å². The monoisotopic (exact) mass is 296 g/mol. The van der Waals surface area contributed by atoms with E-state index in [1.54, 1.807) is 0 Å². The summed E-state index contributed by atoms with van der Waals surface area (Å²) in [6.45, 7) is 1.80. The van der Waals surface area contributed by atoms with Gasteiger partial charge in [0.05, 0.1) is 17.1 Å². The maximum atomic E-state index is 13.4. The van der Waals surface area contributed by atoms with Gasteiger partial charge in [-0.15, -0.1) is 0 Å². The van der Waals surface area contributed by atoms with E-state index in [2.05, 4.69) is 0 Å². The van der Waals surface area contributed by atoms with Crippen LogP contribution in [0, 0.1) is 19.7 Å². The molecule has 1 aromatic rings. The number of anilines is 1. The van der Waals surface area contributed by atoms with Crippen LogP contribution in [-0.4, -0.2) is 32.7 Å². The minimum Gasteiger partial charge on any atom is -0.396 e. The van der Waals surface area contributed by atoms with E-state index in [1.165, 1.54) is 13.8 Å². The summed E-state index contributed by atoms with van der Waals surface area (Å²) in [5, 5.41) is 0. The molecule has 0 spiro atoms. The number of hydrogen-bond acceptors (Lipinski definition) is 3. The van der Waals surface area contributed by atoms with E-state index < -0.39 is 28.8 Å². The normalized spacial score (nSPS) is 12.4. The third-order valence-electron chi connectivity index (χ3n) is 2.77. The van der Waals surface area contributed by atoms with Gasteiger partial charge in [0.2, 0.25) is 10.0 Å². The smallest absolute Gasteiger partial charge is 0.252 e. The molecule has 0 heterocycles. The van der Waals surface area contributed by atoms with Crippen LogP contribution in [0.1, 0.15) is 11.1 Å². The Morgan fingerprint density at radius 2 is 1.89 bits per heavy atom. The van der Waals surface area contributed by atoms with Gasteiger partial charge in [0, 0.05) is 7.05 Å². The van der Waals surface area contributed by atoms with Crippen molar-refractivity contribution in [2.45, 2.75) is 25.2 Å². The quantitative estimate of drug-likeness (QED) is 0.863. The van der Waals surface area contributed by atoms with E-state index in [4.69, 9.17) is 5.73 Å². The number of sulfonamides is 1. The molecule has 2 N–H and O–H groups in total. The molecule has 0 radical (unpaired) electrons. The van der Waals surface area contributed by atoms with Gasteiger partial charge in [-0.05, 0) is 31.0 Å². The summed E-state index contributed by atoms with van der Waals surface area (Å²) >= 11 is 0. The van der Waals surface area contributed by atoms with Crippen molar-refractivity contribution >= 4 is 15.7 Å². The summed E-state index contributed by atoms with van der Waals surface area (Å²) in [5.74, 6) is -0.731. The standard InChI is InChI=1S/C11H15F3N2O2S/c1-6-4-8(12)10(15)7(2)11(6)19(17,18)16(3)5-9(13)14/h4,9H,5,15H2,1-3H3. The van der Waals surface area contributed by atoms with Crippen molar-refractivity contribution in [1.29, 1.82) is 0 Å². The lowest BCUT2D eigenvalue weighted by Crippen LogP contribution is -2.32. The van der Waals surface area contributed by atoms with Crippen LogP contribution >= 0.6 is 0 Å². The van der Waals surface area contributed by atoms with Gasteiger partial charge in [-0.3, -0.25) is 0 Å². The number of aryl methyl sites for hydroxylation is 1. The molecular formula is C11H15F3N2O2S. The number of alkyl halides is 2. The highest BCUT2D eigenvalue weighted by molar-refractivity contribution is 7.89. The Morgan fingerprint density at radius 3 is 2.37 bits per heavy atom. The topological polar surface area (TPSA) is 63.4 Å². The molecule has 0 saturated heterocycles. The van der Waals surface area contributed by atoms with Crippen molar-refractivity contribution in [3.63, 3.8) is 0 Å². The zero-order valence-corrected chi connectivity index (χ0v) is 11.6. The first kappa shape index (κ1) is 15.8. The van der Waals surface area contributed by atoms with Gasteiger partial charge in [-0.2, -0.15) is 4.31 Å². The second-order valence-electron chi connectivity index (χ2n) is 4.22. The van der Waals surface area contributed by atoms with Gasteiger partial charge in [0.15, 0.2) is 0 Å². The molecule has 0 fully saturated rings. The molecule has 8 heteroatoms. The lowest BCUT2D eigenvalue weighted by Gasteiger charge is -2.20. The Bertz CT molecular complexity index is 588. The largest absolute Gasteiger partial charge is 0.396 e. The molecule has 19 heavy (non-hydrogen) atoms. The van der Waals surface area contributed by atoms with Gasteiger partial charge in [-0.1, -0.05) is 0 Å². The average Bonchev–Trinajstić information content (AvgIpc) is 2.24. The highest BCUT2D eigenvalue weighted by atomic mass is 32.2.